The summed E-state index contributed by atoms with van der Waals surface area (Å²) in [6.45, 7) is 3.74. The van der Waals surface area contributed by atoms with E-state index in [0.717, 1.165) is 26.4 Å². The minimum atomic E-state index is -0.325. The maximum Gasteiger partial charge on any atom is 0.262 e. The molecule has 0 radical (unpaired) electrons. The number of benzene rings is 1. The highest BCUT2D eigenvalue weighted by molar-refractivity contribution is 7.22. The predicted molar refractivity (Wildman–Crippen MR) is 108 cm³/mol. The molecule has 1 aromatic carbocycles. The smallest absolute Gasteiger partial charge is 0.262 e. The van der Waals surface area contributed by atoms with Gasteiger partial charge in [0.05, 0.1) is 29.0 Å². The van der Waals surface area contributed by atoms with Gasteiger partial charge in [-0.1, -0.05) is 11.3 Å². The highest BCUT2D eigenvalue weighted by Gasteiger charge is 2.15. The molecule has 9 heteroatoms. The van der Waals surface area contributed by atoms with E-state index in [2.05, 4.69) is 15.3 Å². The molecule has 1 amide bonds. The fourth-order valence-corrected chi connectivity index (χ4v) is 4.68. The first kappa shape index (κ1) is 17.6. The summed E-state index contributed by atoms with van der Waals surface area (Å²) in [6.07, 6.45) is 1.42. The second-order valence-electron chi connectivity index (χ2n) is 6.04. The van der Waals surface area contributed by atoms with E-state index < -0.39 is 0 Å². The molecule has 0 aliphatic rings. The molecule has 0 aliphatic heterocycles. The van der Waals surface area contributed by atoms with Crippen LogP contribution in [0.15, 0.2) is 29.3 Å². The minimum absolute atomic E-state index is 0.116. The van der Waals surface area contributed by atoms with Crippen LogP contribution in [-0.2, 0) is 11.3 Å². The predicted octanol–water partition coefficient (Wildman–Crippen LogP) is 3.33. The molecule has 0 fully saturated rings. The first-order valence-electron chi connectivity index (χ1n) is 8.16. The number of rotatable bonds is 4. The molecule has 7 nitrogen and oxygen atoms in total. The molecule has 0 bridgehead atoms. The summed E-state index contributed by atoms with van der Waals surface area (Å²) in [7, 11) is 1.60. The number of hydrogen-bond donors (Lipinski definition) is 1. The Morgan fingerprint density at radius 2 is 2.11 bits per heavy atom. The molecular formula is C18H16N4O3S2. The highest BCUT2D eigenvalue weighted by atomic mass is 32.1. The van der Waals surface area contributed by atoms with Crippen molar-refractivity contribution in [2.45, 2.75) is 20.4 Å². The van der Waals surface area contributed by atoms with Crippen LogP contribution in [0.1, 0.15) is 10.4 Å². The summed E-state index contributed by atoms with van der Waals surface area (Å²) in [6, 6.07) is 5.52. The summed E-state index contributed by atoms with van der Waals surface area (Å²) in [5, 5.41) is 3.82. The number of hydrogen-bond acceptors (Lipinski definition) is 7. The zero-order valence-corrected chi connectivity index (χ0v) is 16.5. The minimum Gasteiger partial charge on any atom is -0.497 e. The van der Waals surface area contributed by atoms with E-state index >= 15 is 0 Å². The number of aryl methyl sites for hydroxylation is 2. The zero-order valence-electron chi connectivity index (χ0n) is 14.9. The maximum absolute atomic E-state index is 12.7. The molecule has 0 aliphatic carbocycles. The van der Waals surface area contributed by atoms with Crippen molar-refractivity contribution in [3.63, 3.8) is 0 Å². The average Bonchev–Trinajstić information content (AvgIpc) is 3.17. The number of thiophene rings is 1. The Hall–Kier alpha value is -2.78. The largest absolute Gasteiger partial charge is 0.497 e. The standard InChI is InChI=1S/C18H16N4O3S2/c1-9-10(2)26-16-15(9)17(24)22(8-19-16)7-14(23)21-18-20-12-5-4-11(25-3)6-13(12)27-18/h4-6,8H,7H2,1-3H3,(H,20,21,23). The summed E-state index contributed by atoms with van der Waals surface area (Å²) >= 11 is 2.84. The molecule has 0 unspecified atom stereocenters. The molecule has 27 heavy (non-hydrogen) atoms. The number of methoxy groups -OCH3 is 1. The van der Waals surface area contributed by atoms with Crippen LogP contribution in [-0.4, -0.2) is 27.6 Å². The number of amides is 1. The SMILES string of the molecule is COc1ccc2nc(NC(=O)Cn3cnc4sc(C)c(C)c4c3=O)sc2c1. The molecule has 4 rings (SSSR count). The zero-order chi connectivity index (χ0) is 19.1. The molecular weight excluding hydrogens is 384 g/mol. The van der Waals surface area contributed by atoms with Gasteiger partial charge in [0, 0.05) is 4.88 Å². The first-order valence-corrected chi connectivity index (χ1v) is 9.79. The quantitative estimate of drug-likeness (QED) is 0.568. The number of carbonyl (C=O) groups is 1. The number of thiazole rings is 1. The van der Waals surface area contributed by atoms with Crippen molar-refractivity contribution in [2.24, 2.45) is 0 Å². The summed E-state index contributed by atoms with van der Waals surface area (Å²) < 4.78 is 7.44. The third-order valence-electron chi connectivity index (χ3n) is 4.31. The van der Waals surface area contributed by atoms with Crippen LogP contribution in [0.4, 0.5) is 5.13 Å². The number of fused-ring (bicyclic) bond motifs is 2. The summed E-state index contributed by atoms with van der Waals surface area (Å²) in [5.74, 6) is 0.408. The first-order chi connectivity index (χ1) is 13.0. The van der Waals surface area contributed by atoms with Gasteiger partial charge in [0.1, 0.15) is 17.1 Å². The van der Waals surface area contributed by atoms with Crippen molar-refractivity contribution in [3.8, 4) is 5.75 Å². The van der Waals surface area contributed by atoms with Gasteiger partial charge in [0.15, 0.2) is 5.13 Å². The fraction of sp³-hybridized carbons (Fsp3) is 0.222. The topological polar surface area (TPSA) is 86.1 Å². The number of nitrogens with zero attached hydrogens (tertiary/aromatic N) is 3. The lowest BCUT2D eigenvalue weighted by Gasteiger charge is -2.05. The van der Waals surface area contributed by atoms with E-state index in [9.17, 15) is 9.59 Å². The van der Waals surface area contributed by atoms with Gasteiger partial charge in [-0.3, -0.25) is 14.2 Å². The molecule has 3 heterocycles. The van der Waals surface area contributed by atoms with Gasteiger partial charge in [0.2, 0.25) is 5.91 Å². The average molecular weight is 400 g/mol. The number of aromatic nitrogens is 3. The van der Waals surface area contributed by atoms with Crippen LogP contribution >= 0.6 is 22.7 Å². The molecule has 0 saturated carbocycles. The van der Waals surface area contributed by atoms with Crippen molar-refractivity contribution in [2.75, 3.05) is 12.4 Å². The van der Waals surface area contributed by atoms with Gasteiger partial charge in [-0.25, -0.2) is 9.97 Å². The number of nitrogens with one attached hydrogen (secondary N) is 1. The van der Waals surface area contributed by atoms with Crippen molar-refractivity contribution in [1.29, 1.82) is 0 Å². The summed E-state index contributed by atoms with van der Waals surface area (Å²) in [4.78, 5) is 35.6. The van der Waals surface area contributed by atoms with E-state index in [0.29, 0.717) is 15.3 Å². The maximum atomic E-state index is 12.7. The third kappa shape index (κ3) is 3.19. The Kier molecular flexibility index (Phi) is 4.40. The van der Waals surface area contributed by atoms with Crippen LogP contribution in [0.25, 0.3) is 20.4 Å². The van der Waals surface area contributed by atoms with E-state index in [1.165, 1.54) is 33.6 Å². The number of carbonyl (C=O) groups excluding carboxylic acids is 1. The van der Waals surface area contributed by atoms with Crippen LogP contribution in [0.5, 0.6) is 5.75 Å². The van der Waals surface area contributed by atoms with E-state index in [4.69, 9.17) is 4.74 Å². The van der Waals surface area contributed by atoms with Crippen molar-refractivity contribution >= 4 is 54.1 Å². The van der Waals surface area contributed by atoms with E-state index in [1.54, 1.807) is 7.11 Å². The lowest BCUT2D eigenvalue weighted by Crippen LogP contribution is -2.27. The molecule has 0 spiro atoms. The molecule has 3 aromatic heterocycles. The second kappa shape index (κ2) is 6.75. The lowest BCUT2D eigenvalue weighted by atomic mass is 10.2. The van der Waals surface area contributed by atoms with Gasteiger partial charge in [0.25, 0.3) is 5.56 Å². The Bertz CT molecular complexity index is 1240. The Balaban J connectivity index is 1.58. The van der Waals surface area contributed by atoms with Crippen molar-refractivity contribution < 1.29 is 9.53 Å². The van der Waals surface area contributed by atoms with Crippen LogP contribution in [0.3, 0.4) is 0 Å². The van der Waals surface area contributed by atoms with Crippen molar-refractivity contribution in [3.05, 3.63) is 45.3 Å². The molecule has 1 N–H and O–H groups in total. The van der Waals surface area contributed by atoms with Crippen LogP contribution in [0, 0.1) is 13.8 Å². The van der Waals surface area contributed by atoms with E-state index in [1.807, 2.05) is 32.0 Å². The van der Waals surface area contributed by atoms with E-state index in [-0.39, 0.29) is 18.0 Å². The molecule has 0 atom stereocenters. The molecule has 138 valence electrons. The fourth-order valence-electron chi connectivity index (χ4n) is 2.78. The van der Waals surface area contributed by atoms with Crippen molar-refractivity contribution in [1.82, 2.24) is 14.5 Å². The van der Waals surface area contributed by atoms with Gasteiger partial charge in [-0.15, -0.1) is 11.3 Å². The normalized spacial score (nSPS) is 11.2. The second-order valence-corrected chi connectivity index (χ2v) is 8.28. The van der Waals surface area contributed by atoms with Gasteiger partial charge in [-0.05, 0) is 37.6 Å². The Morgan fingerprint density at radius 1 is 1.30 bits per heavy atom. The lowest BCUT2D eigenvalue weighted by molar-refractivity contribution is -0.116. The highest BCUT2D eigenvalue weighted by Crippen LogP contribution is 2.29. The van der Waals surface area contributed by atoms with Gasteiger partial charge >= 0.3 is 0 Å². The molecule has 0 saturated heterocycles. The Labute approximate surface area is 162 Å². The summed E-state index contributed by atoms with van der Waals surface area (Å²) in [5.41, 5.74) is 1.49. The van der Waals surface area contributed by atoms with Crippen LogP contribution < -0.4 is 15.6 Å². The van der Waals surface area contributed by atoms with Gasteiger partial charge < -0.3 is 10.1 Å². The molecule has 4 aromatic rings. The number of ether oxygens (including phenoxy) is 1. The Morgan fingerprint density at radius 3 is 2.89 bits per heavy atom. The monoisotopic (exact) mass is 400 g/mol. The van der Waals surface area contributed by atoms with Crippen LogP contribution in [0.2, 0.25) is 0 Å². The number of anilines is 1. The van der Waals surface area contributed by atoms with Gasteiger partial charge in [-0.2, -0.15) is 0 Å². The third-order valence-corrected chi connectivity index (χ3v) is 6.36.